The standard InChI is InChI=1S/C25H29.C21H23.C2H6Si.2ClH.Zr/c1-17(2)19-12-14-20(15-13-19)24-16-22-6-4-5-7-23(22)25(24)21-10-8-18(3)9-11-21;1-4-15(3)17-9-11-18(12-10-17)20-8-6-7-19-13-16(5-2)14-21(19)20;1-3-2;;;/h4-7,12-18,21H,8-11H2,1-3H3;6-15H,4-5H2,1-3H3;1-2H3;2*1H;/q2*-1;;;;+2/p-2. The van der Waals surface area contributed by atoms with E-state index >= 15 is 0 Å². The zero-order chi connectivity index (χ0) is 35.8. The van der Waals surface area contributed by atoms with Gasteiger partial charge in [0, 0.05) is 0 Å². The van der Waals surface area contributed by atoms with E-state index in [1.807, 2.05) is 0 Å². The van der Waals surface area contributed by atoms with E-state index in [-0.39, 0.29) is 30.2 Å². The third-order valence-electron chi connectivity index (χ3n) is 10.8. The maximum Gasteiger partial charge on any atom is -1.00 e. The molecule has 6 aromatic carbocycles. The molecule has 0 aliphatic heterocycles. The summed E-state index contributed by atoms with van der Waals surface area (Å²) in [6, 6.07) is 41.1. The molecule has 1 aliphatic rings. The molecule has 4 heteroatoms. The molecule has 0 N–H and O–H groups in total. The molecule has 0 amide bonds. The van der Waals surface area contributed by atoms with Gasteiger partial charge in [0.1, 0.15) is 0 Å². The van der Waals surface area contributed by atoms with Crippen LogP contribution in [0.2, 0.25) is 13.1 Å². The van der Waals surface area contributed by atoms with E-state index in [1.54, 1.807) is 28.9 Å². The summed E-state index contributed by atoms with van der Waals surface area (Å²) in [5, 5.41) is 5.62. The van der Waals surface area contributed by atoms with Gasteiger partial charge in [-0.15, -0.1) is 68.6 Å². The van der Waals surface area contributed by atoms with Gasteiger partial charge in [-0.3, -0.25) is 0 Å². The van der Waals surface area contributed by atoms with Gasteiger partial charge in [0.15, 0.2) is 0 Å². The minimum absolute atomic E-state index is 0. The maximum absolute atomic E-state index is 2.42. The van der Waals surface area contributed by atoms with Crippen molar-refractivity contribution < 1.29 is 48.1 Å². The van der Waals surface area contributed by atoms with Crippen molar-refractivity contribution in [3.63, 3.8) is 0 Å². The van der Waals surface area contributed by atoms with Crippen molar-refractivity contribution in [2.24, 2.45) is 5.92 Å². The zero-order valence-corrected chi connectivity index (χ0v) is 37.7. The Hall–Kier alpha value is -2.22. The molecule has 0 nitrogen and oxygen atoms in total. The van der Waals surface area contributed by atoms with Crippen molar-refractivity contribution in [2.45, 2.75) is 111 Å². The fourth-order valence-corrected chi connectivity index (χ4v) is 7.50. The average Bonchev–Trinajstić information content (AvgIpc) is 3.74. The van der Waals surface area contributed by atoms with Gasteiger partial charge < -0.3 is 24.8 Å². The van der Waals surface area contributed by atoms with E-state index in [2.05, 4.69) is 164 Å². The van der Waals surface area contributed by atoms with Crippen molar-refractivity contribution in [1.29, 1.82) is 0 Å². The summed E-state index contributed by atoms with van der Waals surface area (Å²) in [6.45, 7) is 18.3. The second-order valence-electron chi connectivity index (χ2n) is 15.2. The van der Waals surface area contributed by atoms with Crippen LogP contribution in [0, 0.1) is 5.92 Å². The van der Waals surface area contributed by atoms with Gasteiger partial charge in [-0.25, -0.2) is 0 Å². The summed E-state index contributed by atoms with van der Waals surface area (Å²) in [7, 11) is 0. The quantitative estimate of drug-likeness (QED) is 0.112. The first kappa shape index (κ1) is 44.2. The fourth-order valence-electron chi connectivity index (χ4n) is 7.50. The van der Waals surface area contributed by atoms with Crippen LogP contribution in [0.1, 0.15) is 114 Å². The van der Waals surface area contributed by atoms with Crippen molar-refractivity contribution in [3.8, 4) is 22.3 Å². The Balaban J connectivity index is 0.000000249. The molecule has 0 heterocycles. The summed E-state index contributed by atoms with van der Waals surface area (Å²) in [5.74, 6) is 2.84. The molecular weight excluding hydrogens is 767 g/mol. The predicted molar refractivity (Wildman–Crippen MR) is 220 cm³/mol. The molecule has 1 fully saturated rings. The van der Waals surface area contributed by atoms with Crippen LogP contribution in [0.4, 0.5) is 0 Å². The summed E-state index contributed by atoms with van der Waals surface area (Å²) in [6.07, 6.45) is 7.71. The second-order valence-corrected chi connectivity index (χ2v) is 24.6. The molecule has 0 radical (unpaired) electrons. The molecule has 0 spiro atoms. The number of benzene rings is 4. The Kier molecular flexibility index (Phi) is 17.9. The molecule has 52 heavy (non-hydrogen) atoms. The SMILES string of the molecule is CC1CCC(c2c(-c3ccc(C(C)C)cc3)[cH-]c3ccccc23)CC1.CCc1cc2c(-c3ccc(C(C)CC)cc3)cccc2[cH-]1.C[Si](C)=[Zr+2].[Cl-].[Cl-]. The van der Waals surface area contributed by atoms with Gasteiger partial charge in [-0.05, 0) is 53.2 Å². The molecule has 1 unspecified atom stereocenters. The Bertz CT molecular complexity index is 1970. The topological polar surface area (TPSA) is 0 Å². The first-order chi connectivity index (χ1) is 24.1. The predicted octanol–water partition coefficient (Wildman–Crippen LogP) is 8.74. The number of fused-ring (bicyclic) bond motifs is 2. The Labute approximate surface area is 343 Å². The smallest absolute Gasteiger partial charge is 1.00 e. The van der Waals surface area contributed by atoms with Crippen LogP contribution in [0.15, 0.2) is 109 Å². The first-order valence-electron chi connectivity index (χ1n) is 19.2. The van der Waals surface area contributed by atoms with Crippen LogP contribution < -0.4 is 24.8 Å². The van der Waals surface area contributed by atoms with Crippen molar-refractivity contribution >= 4 is 27.0 Å². The van der Waals surface area contributed by atoms with Gasteiger partial charge in [-0.1, -0.05) is 151 Å². The van der Waals surface area contributed by atoms with Crippen LogP contribution in [0.3, 0.4) is 0 Å². The van der Waals surface area contributed by atoms with Crippen LogP contribution in [-0.2, 0) is 29.8 Å². The minimum atomic E-state index is 0. The molecular formula is C48H58Cl2SiZr-2. The largest absolute Gasteiger partial charge is 1.00 e. The molecule has 1 saturated carbocycles. The number of aryl methyl sites for hydroxylation is 1. The number of hydrogen-bond acceptors (Lipinski definition) is 0. The minimum Gasteiger partial charge on any atom is -1.00 e. The second kappa shape index (κ2) is 21.0. The summed E-state index contributed by atoms with van der Waals surface area (Å²) in [4.78, 5) is 0. The third kappa shape index (κ3) is 11.2. The summed E-state index contributed by atoms with van der Waals surface area (Å²) in [5.41, 5.74) is 11.6. The number of rotatable bonds is 7. The van der Waals surface area contributed by atoms with Crippen LogP contribution in [-0.4, -0.2) is 5.43 Å². The Morgan fingerprint density at radius 2 is 1.25 bits per heavy atom. The van der Waals surface area contributed by atoms with Crippen molar-refractivity contribution in [3.05, 3.63) is 131 Å². The first-order valence-corrected chi connectivity index (χ1v) is 25.4. The molecule has 6 aromatic rings. The Morgan fingerprint density at radius 3 is 1.85 bits per heavy atom. The van der Waals surface area contributed by atoms with Crippen LogP contribution in [0.5, 0.6) is 0 Å². The molecule has 274 valence electrons. The van der Waals surface area contributed by atoms with E-state index < -0.39 is 0 Å². The fraction of sp³-hybridized carbons (Fsp3) is 0.375. The Morgan fingerprint density at radius 1 is 0.692 bits per heavy atom. The van der Waals surface area contributed by atoms with Gasteiger partial charge in [0.25, 0.3) is 0 Å². The molecule has 7 rings (SSSR count). The van der Waals surface area contributed by atoms with E-state index in [9.17, 15) is 0 Å². The molecule has 1 atom stereocenters. The van der Waals surface area contributed by atoms with Gasteiger partial charge in [-0.2, -0.15) is 6.07 Å². The maximum atomic E-state index is 2.42. The van der Waals surface area contributed by atoms with E-state index in [1.165, 1.54) is 92.6 Å². The van der Waals surface area contributed by atoms with E-state index in [4.69, 9.17) is 0 Å². The van der Waals surface area contributed by atoms with Gasteiger partial charge >= 0.3 is 41.9 Å². The number of halogens is 2. The van der Waals surface area contributed by atoms with Crippen molar-refractivity contribution in [1.82, 2.24) is 0 Å². The molecule has 1 aliphatic carbocycles. The molecule has 0 aromatic heterocycles. The van der Waals surface area contributed by atoms with Crippen LogP contribution in [0.25, 0.3) is 43.8 Å². The normalized spacial score (nSPS) is 15.8. The molecule has 0 saturated heterocycles. The monoisotopic (exact) mass is 822 g/mol. The molecule has 0 bridgehead atoms. The van der Waals surface area contributed by atoms with Crippen molar-refractivity contribution in [2.75, 3.05) is 0 Å². The summed E-state index contributed by atoms with van der Waals surface area (Å²) < 4.78 is 0. The number of hydrogen-bond donors (Lipinski definition) is 0. The zero-order valence-electron chi connectivity index (χ0n) is 32.7. The van der Waals surface area contributed by atoms with Gasteiger partial charge in [0.05, 0.1) is 0 Å². The van der Waals surface area contributed by atoms with E-state index in [0.717, 1.165) is 18.3 Å². The van der Waals surface area contributed by atoms with E-state index in [0.29, 0.717) is 11.8 Å². The summed E-state index contributed by atoms with van der Waals surface area (Å²) >= 11 is 1.74. The average molecular weight is 825 g/mol. The van der Waals surface area contributed by atoms with Crippen LogP contribution >= 0.6 is 0 Å². The van der Waals surface area contributed by atoms with Gasteiger partial charge in [0.2, 0.25) is 0 Å². The third-order valence-corrected chi connectivity index (χ3v) is 10.8.